The molecule has 3 N–H and O–H groups in total. The Bertz CT molecular complexity index is 1650. The van der Waals surface area contributed by atoms with Gasteiger partial charge >= 0.3 is 15.6 Å². The van der Waals surface area contributed by atoms with Gasteiger partial charge in [-0.25, -0.2) is 9.13 Å². The molecule has 0 aromatic heterocycles. The van der Waals surface area contributed by atoms with Crippen LogP contribution in [0.5, 0.6) is 0 Å². The van der Waals surface area contributed by atoms with Crippen molar-refractivity contribution in [3.05, 3.63) is 0 Å². The van der Waals surface area contributed by atoms with Crippen LogP contribution in [-0.4, -0.2) is 46.6 Å². The Morgan fingerprint density at radius 1 is 0.597 bits per heavy atom. The molecule has 8 rings (SSSR count). The van der Waals surface area contributed by atoms with E-state index in [1.54, 1.807) is 0 Å². The predicted octanol–water partition coefficient (Wildman–Crippen LogP) is 13.5. The van der Waals surface area contributed by atoms with E-state index in [0.717, 1.165) is 73.0 Å². The number of phosphoric acid groups is 2. The van der Waals surface area contributed by atoms with E-state index in [1.807, 2.05) is 0 Å². The van der Waals surface area contributed by atoms with Gasteiger partial charge in [0, 0.05) is 0 Å². The minimum atomic E-state index is -4.92. The quantitative estimate of drug-likeness (QED) is 0.130. The number of fused-ring (bicyclic) bond motifs is 10. The Balaban J connectivity index is 0.891. The number of rotatable bonds is 16. The van der Waals surface area contributed by atoms with Crippen LogP contribution >= 0.6 is 15.6 Å². The Kier molecular flexibility index (Phi) is 14.6. The lowest BCUT2D eigenvalue weighted by atomic mass is 9.44. The van der Waals surface area contributed by atoms with Crippen LogP contribution in [0.3, 0.4) is 0 Å². The predicted molar refractivity (Wildman–Crippen MR) is 246 cm³/mol. The summed E-state index contributed by atoms with van der Waals surface area (Å²) in [6.07, 6.45) is 22.8. The first-order chi connectivity index (χ1) is 29.3. The zero-order valence-corrected chi connectivity index (χ0v) is 42.1. The highest BCUT2D eigenvalue weighted by atomic mass is 31.3. The molecule has 0 radical (unpaired) electrons. The molecule has 0 saturated heterocycles. The van der Waals surface area contributed by atoms with Crippen molar-refractivity contribution in [1.29, 1.82) is 0 Å². The largest absolute Gasteiger partial charge is 0.484 e. The normalized spacial score (nSPS) is 48.5. The maximum atomic E-state index is 14.5. The Hall–Kier alpha value is 0.180. The second kappa shape index (κ2) is 18.6. The zero-order valence-electron chi connectivity index (χ0n) is 40.3. The second-order valence-corrected chi connectivity index (χ2v) is 27.6. The molecular weight excluding hydrogens is 818 g/mol. The molecule has 8 fully saturated rings. The third-order valence-corrected chi connectivity index (χ3v) is 24.9. The van der Waals surface area contributed by atoms with Gasteiger partial charge < -0.3 is 15.1 Å². The Morgan fingerprint density at radius 2 is 1.03 bits per heavy atom. The molecule has 8 aliphatic rings. The number of hydrogen-bond donors (Lipinski definition) is 3. The van der Waals surface area contributed by atoms with Crippen LogP contribution in [-0.2, 0) is 27.0 Å². The molecule has 0 aromatic rings. The van der Waals surface area contributed by atoms with E-state index in [2.05, 4.69) is 55.4 Å². The van der Waals surface area contributed by atoms with Gasteiger partial charge in [0.2, 0.25) is 0 Å². The SMILES string of the molecule is CCC[C@@H](C)[C@H]1CCC2C3CCC4CC(OP(=O)(O)OP(=O)(OCC(O)CO)OC5CC[C@@]6(C)C(CCC7C6CC[C@@]6(C)C7CC[C@@H]6[C@H](C)CCC)C5)CC[C@]4(C)C3CC[C@@]21C. The fourth-order valence-electron chi connectivity index (χ4n) is 18.7. The molecule has 0 amide bonds. The van der Waals surface area contributed by atoms with E-state index in [9.17, 15) is 24.2 Å². The van der Waals surface area contributed by atoms with Crippen LogP contribution < -0.4 is 0 Å². The van der Waals surface area contributed by atoms with E-state index in [4.69, 9.17) is 17.9 Å². The number of aliphatic hydroxyl groups excluding tert-OH is 2. The fourth-order valence-corrected chi connectivity index (χ4v) is 21.8. The van der Waals surface area contributed by atoms with Gasteiger partial charge in [-0.2, -0.15) is 4.31 Å². The molecule has 0 aromatic carbocycles. The standard InChI is InChI=1S/C51H90O9P2/c1-9-11-33(3)42-17-19-44-40-15-13-35-29-38(21-25-48(35,5)46(40)23-27-50(42,44)7)58-61(54,55)60-62(56,57-32-37(53)31-52)59-39-22-26-49(6)36(30-39)14-16-41-45-20-18-43(34(4)12-10-2)51(45,8)28-24-47(41)49/h33-47,52-53H,9-32H2,1-8H3,(H,54,55)/t33-,34-,35?,36?,37?,38?,39?,40?,41?,42-,43-,44?,45?,46?,47?,48+,49+,50-,51-,62?/m1/s1. The van der Waals surface area contributed by atoms with Gasteiger partial charge in [-0.15, -0.1) is 0 Å². The van der Waals surface area contributed by atoms with Crippen molar-refractivity contribution >= 4 is 15.6 Å². The monoisotopic (exact) mass is 909 g/mol. The van der Waals surface area contributed by atoms with Gasteiger partial charge in [-0.05, 0) is 208 Å². The summed E-state index contributed by atoms with van der Waals surface area (Å²) in [4.78, 5) is 11.3. The second-order valence-electron chi connectivity index (χ2n) is 24.4. The molecule has 8 saturated carbocycles. The van der Waals surface area contributed by atoms with Gasteiger partial charge in [0.15, 0.2) is 0 Å². The van der Waals surface area contributed by atoms with Gasteiger partial charge in [0.05, 0.1) is 25.4 Å². The highest BCUT2D eigenvalue weighted by Gasteiger charge is 2.63. The van der Waals surface area contributed by atoms with E-state index >= 15 is 0 Å². The van der Waals surface area contributed by atoms with Crippen LogP contribution in [0.1, 0.15) is 197 Å². The molecule has 9 nitrogen and oxygen atoms in total. The van der Waals surface area contributed by atoms with Crippen molar-refractivity contribution in [2.75, 3.05) is 13.2 Å². The summed E-state index contributed by atoms with van der Waals surface area (Å²) in [6.45, 7) is 18.8. The summed E-state index contributed by atoms with van der Waals surface area (Å²) in [7, 11) is -9.61. The minimum absolute atomic E-state index is 0.171. The van der Waals surface area contributed by atoms with E-state index in [1.165, 1.54) is 89.9 Å². The van der Waals surface area contributed by atoms with Crippen LogP contribution in [0.25, 0.3) is 0 Å². The lowest BCUT2D eigenvalue weighted by molar-refractivity contribution is -0.130. The smallest absolute Gasteiger partial charge is 0.394 e. The maximum Gasteiger partial charge on any atom is 0.484 e. The first-order valence-electron chi connectivity index (χ1n) is 26.3. The minimum Gasteiger partial charge on any atom is -0.394 e. The molecule has 21 atom stereocenters. The maximum absolute atomic E-state index is 14.5. The average Bonchev–Trinajstić information content (AvgIpc) is 3.77. The van der Waals surface area contributed by atoms with Gasteiger partial charge in [-0.1, -0.05) is 81.1 Å². The number of aliphatic hydroxyl groups is 2. The molecular formula is C51H90O9P2. The third kappa shape index (κ3) is 8.87. The average molecular weight is 909 g/mol. The van der Waals surface area contributed by atoms with Crippen molar-refractivity contribution in [2.24, 2.45) is 92.7 Å². The van der Waals surface area contributed by atoms with Crippen LogP contribution in [0.15, 0.2) is 0 Å². The molecule has 0 heterocycles. The van der Waals surface area contributed by atoms with Crippen molar-refractivity contribution in [3.8, 4) is 0 Å². The molecule has 0 aliphatic heterocycles. The summed E-state index contributed by atoms with van der Waals surface area (Å²) in [5.74, 6) is 8.51. The van der Waals surface area contributed by atoms with Gasteiger partial charge in [0.1, 0.15) is 6.10 Å². The lowest BCUT2D eigenvalue weighted by Gasteiger charge is -2.61. The molecule has 0 spiro atoms. The van der Waals surface area contributed by atoms with E-state index in [0.29, 0.717) is 60.2 Å². The first-order valence-corrected chi connectivity index (χ1v) is 29.2. The molecule has 0 bridgehead atoms. The van der Waals surface area contributed by atoms with Crippen LogP contribution in [0.2, 0.25) is 0 Å². The summed E-state index contributed by atoms with van der Waals surface area (Å²) < 4.78 is 51.7. The lowest BCUT2D eigenvalue weighted by Crippen LogP contribution is -2.54. The summed E-state index contributed by atoms with van der Waals surface area (Å²) in [5.41, 5.74) is 1.25. The van der Waals surface area contributed by atoms with E-state index in [-0.39, 0.29) is 10.8 Å². The topological polar surface area (TPSA) is 132 Å². The molecule has 62 heavy (non-hydrogen) atoms. The highest BCUT2D eigenvalue weighted by Crippen LogP contribution is 2.72. The Labute approximate surface area is 377 Å². The van der Waals surface area contributed by atoms with E-state index < -0.39 is 47.2 Å². The van der Waals surface area contributed by atoms with Crippen molar-refractivity contribution in [3.63, 3.8) is 0 Å². The third-order valence-electron chi connectivity index (χ3n) is 21.6. The zero-order chi connectivity index (χ0) is 44.5. The molecule has 11 heteroatoms. The van der Waals surface area contributed by atoms with Crippen molar-refractivity contribution < 1.29 is 42.1 Å². The molecule has 13 unspecified atom stereocenters. The highest BCUT2D eigenvalue weighted by molar-refractivity contribution is 7.61. The van der Waals surface area contributed by atoms with Crippen molar-refractivity contribution in [1.82, 2.24) is 0 Å². The Morgan fingerprint density at radius 3 is 1.48 bits per heavy atom. The summed E-state index contributed by atoms with van der Waals surface area (Å²) in [6, 6.07) is 0. The van der Waals surface area contributed by atoms with Gasteiger partial charge in [0.25, 0.3) is 0 Å². The summed E-state index contributed by atoms with van der Waals surface area (Å²) in [5, 5.41) is 19.8. The first kappa shape index (κ1) is 48.6. The molecule has 358 valence electrons. The van der Waals surface area contributed by atoms with Crippen LogP contribution in [0, 0.1) is 92.7 Å². The van der Waals surface area contributed by atoms with Crippen LogP contribution in [0.4, 0.5) is 0 Å². The number of hydrogen-bond acceptors (Lipinski definition) is 8. The summed E-state index contributed by atoms with van der Waals surface area (Å²) >= 11 is 0. The van der Waals surface area contributed by atoms with Crippen molar-refractivity contribution in [2.45, 2.75) is 215 Å². The molecule has 8 aliphatic carbocycles. The fraction of sp³-hybridized carbons (Fsp3) is 1.00. The van der Waals surface area contributed by atoms with Gasteiger partial charge in [-0.3, -0.25) is 13.6 Å². The number of phosphoric ester groups is 2.